The Hall–Kier alpha value is -0.770. The minimum atomic E-state index is 0.154. The molecule has 0 heterocycles. The summed E-state index contributed by atoms with van der Waals surface area (Å²) in [6, 6.07) is 15.1. The molecule has 0 aliphatic carbocycles. The highest BCUT2D eigenvalue weighted by Gasteiger charge is 2.05. The van der Waals surface area contributed by atoms with Gasteiger partial charge in [-0.2, -0.15) is 0 Å². The molecule has 2 rings (SSSR count). The molecule has 98 valence electrons. The number of hydrogen-bond acceptors (Lipinski definition) is 2. The molecule has 0 radical (unpaired) electrons. The van der Waals surface area contributed by atoms with Crippen LogP contribution < -0.4 is 0 Å². The van der Waals surface area contributed by atoms with E-state index in [-0.39, 0.29) is 5.78 Å². The minimum absolute atomic E-state index is 0.154. The van der Waals surface area contributed by atoms with Gasteiger partial charge in [-0.25, -0.2) is 0 Å². The fourth-order valence-electron chi connectivity index (χ4n) is 1.57. The van der Waals surface area contributed by atoms with E-state index in [9.17, 15) is 4.79 Å². The van der Waals surface area contributed by atoms with Gasteiger partial charge in [0.1, 0.15) is 0 Å². The predicted molar refractivity (Wildman–Crippen MR) is 85.3 cm³/mol. The maximum absolute atomic E-state index is 11.9. The first kappa shape index (κ1) is 14.6. The third-order valence-electron chi connectivity index (χ3n) is 2.58. The van der Waals surface area contributed by atoms with Crippen LogP contribution >= 0.6 is 39.3 Å². The Morgan fingerprint density at radius 2 is 1.68 bits per heavy atom. The van der Waals surface area contributed by atoms with Crippen LogP contribution in [-0.2, 0) is 0 Å². The molecule has 1 nitrogen and oxygen atoms in total. The molecule has 0 aromatic heterocycles. The van der Waals surface area contributed by atoms with E-state index in [1.165, 1.54) is 4.90 Å². The summed E-state index contributed by atoms with van der Waals surface area (Å²) in [5.74, 6) is 0.935. The first-order valence-corrected chi connectivity index (χ1v) is 7.98. The van der Waals surface area contributed by atoms with Crippen molar-refractivity contribution in [1.82, 2.24) is 0 Å². The number of benzene rings is 2. The molecule has 0 fully saturated rings. The maximum Gasteiger partial charge on any atom is 0.163 e. The van der Waals surface area contributed by atoms with Gasteiger partial charge in [0, 0.05) is 32.1 Å². The Bertz CT molecular complexity index is 551. The van der Waals surface area contributed by atoms with Crippen LogP contribution in [-0.4, -0.2) is 11.5 Å². The predicted octanol–water partition coefficient (Wildman–Crippen LogP) is 5.47. The number of thioether (sulfide) groups is 1. The number of hydrogen-bond donors (Lipinski definition) is 0. The van der Waals surface area contributed by atoms with Gasteiger partial charge < -0.3 is 0 Å². The molecular formula is C15H12BrClOS. The van der Waals surface area contributed by atoms with Gasteiger partial charge in [-0.3, -0.25) is 4.79 Å². The molecule has 0 bridgehead atoms. The van der Waals surface area contributed by atoms with Crippen molar-refractivity contribution in [1.29, 1.82) is 0 Å². The number of halogens is 2. The third-order valence-corrected chi connectivity index (χ3v) is 4.37. The van der Waals surface area contributed by atoms with Crippen LogP contribution in [0.15, 0.2) is 57.9 Å². The second kappa shape index (κ2) is 7.13. The summed E-state index contributed by atoms with van der Waals surface area (Å²) in [7, 11) is 0. The first-order valence-electron chi connectivity index (χ1n) is 5.82. The van der Waals surface area contributed by atoms with Crippen molar-refractivity contribution in [2.75, 3.05) is 5.75 Å². The molecule has 0 aliphatic heterocycles. The Kier molecular flexibility index (Phi) is 5.49. The van der Waals surface area contributed by atoms with E-state index >= 15 is 0 Å². The van der Waals surface area contributed by atoms with Gasteiger partial charge in [0.25, 0.3) is 0 Å². The number of carbonyl (C=O) groups is 1. The molecule has 2 aromatic carbocycles. The summed E-state index contributed by atoms with van der Waals surface area (Å²) in [6.45, 7) is 0. The lowest BCUT2D eigenvalue weighted by molar-refractivity contribution is 0.0989. The van der Waals surface area contributed by atoms with E-state index in [0.29, 0.717) is 11.4 Å². The zero-order valence-corrected chi connectivity index (χ0v) is 13.3. The smallest absolute Gasteiger partial charge is 0.163 e. The summed E-state index contributed by atoms with van der Waals surface area (Å²) in [5, 5.41) is 0.654. The highest BCUT2D eigenvalue weighted by Crippen LogP contribution is 2.22. The normalized spacial score (nSPS) is 10.4. The van der Waals surface area contributed by atoms with Crippen LogP contribution in [0.1, 0.15) is 16.8 Å². The van der Waals surface area contributed by atoms with Crippen molar-refractivity contribution >= 4 is 45.1 Å². The SMILES string of the molecule is O=C(CCSc1ccc(Br)cc1)c1ccc(Cl)cc1. The van der Waals surface area contributed by atoms with Crippen molar-refractivity contribution in [3.05, 3.63) is 63.6 Å². The van der Waals surface area contributed by atoms with Gasteiger partial charge in [0.2, 0.25) is 0 Å². The zero-order valence-electron chi connectivity index (χ0n) is 10.1. The number of Topliss-reactive ketones (excluding diaryl/α,β-unsaturated/α-hetero) is 1. The summed E-state index contributed by atoms with van der Waals surface area (Å²) < 4.78 is 1.06. The molecule has 0 saturated heterocycles. The molecule has 0 saturated carbocycles. The average molecular weight is 356 g/mol. The number of ketones is 1. The van der Waals surface area contributed by atoms with E-state index in [1.54, 1.807) is 36.0 Å². The van der Waals surface area contributed by atoms with Gasteiger partial charge in [-0.1, -0.05) is 27.5 Å². The highest BCUT2D eigenvalue weighted by atomic mass is 79.9. The van der Waals surface area contributed by atoms with E-state index in [1.807, 2.05) is 24.3 Å². The fourth-order valence-corrected chi connectivity index (χ4v) is 2.81. The lowest BCUT2D eigenvalue weighted by Crippen LogP contribution is -2.00. The molecule has 0 spiro atoms. The minimum Gasteiger partial charge on any atom is -0.294 e. The summed E-state index contributed by atoms with van der Waals surface area (Å²) in [4.78, 5) is 13.1. The quantitative estimate of drug-likeness (QED) is 0.523. The van der Waals surface area contributed by atoms with Crippen LogP contribution in [0, 0.1) is 0 Å². The third kappa shape index (κ3) is 4.68. The second-order valence-corrected chi connectivity index (χ2v) is 6.50. The van der Waals surface area contributed by atoms with Gasteiger partial charge in [0.15, 0.2) is 5.78 Å². The standard InChI is InChI=1S/C15H12BrClOS/c16-12-3-7-14(8-4-12)19-10-9-15(18)11-1-5-13(17)6-2-11/h1-8H,9-10H2. The number of rotatable bonds is 5. The lowest BCUT2D eigenvalue weighted by Gasteiger charge is -2.02. The second-order valence-electron chi connectivity index (χ2n) is 3.98. The number of carbonyl (C=O) groups excluding carboxylic acids is 1. The van der Waals surface area contributed by atoms with Gasteiger partial charge in [-0.05, 0) is 48.5 Å². The summed E-state index contributed by atoms with van der Waals surface area (Å²) >= 11 is 10.9. The molecule has 0 amide bonds. The monoisotopic (exact) mass is 354 g/mol. The molecule has 0 aliphatic rings. The average Bonchev–Trinajstić information content (AvgIpc) is 2.41. The van der Waals surface area contributed by atoms with Crippen LogP contribution in [0.4, 0.5) is 0 Å². The molecule has 4 heteroatoms. The molecular weight excluding hydrogens is 344 g/mol. The fraction of sp³-hybridized carbons (Fsp3) is 0.133. The van der Waals surface area contributed by atoms with Gasteiger partial charge in [-0.15, -0.1) is 11.8 Å². The Morgan fingerprint density at radius 1 is 1.05 bits per heavy atom. The lowest BCUT2D eigenvalue weighted by atomic mass is 10.1. The van der Waals surface area contributed by atoms with Gasteiger partial charge in [0.05, 0.1) is 0 Å². The molecule has 2 aromatic rings. The van der Waals surface area contributed by atoms with Crippen LogP contribution in [0.5, 0.6) is 0 Å². The van der Waals surface area contributed by atoms with E-state index in [4.69, 9.17) is 11.6 Å². The van der Waals surface area contributed by atoms with Crippen molar-refractivity contribution in [3.8, 4) is 0 Å². The van der Waals surface area contributed by atoms with Crippen molar-refractivity contribution in [2.45, 2.75) is 11.3 Å². The molecule has 0 unspecified atom stereocenters. The topological polar surface area (TPSA) is 17.1 Å². The van der Waals surface area contributed by atoms with Crippen molar-refractivity contribution in [2.24, 2.45) is 0 Å². The van der Waals surface area contributed by atoms with Crippen molar-refractivity contribution in [3.63, 3.8) is 0 Å². The maximum atomic E-state index is 11.9. The van der Waals surface area contributed by atoms with E-state index < -0.39 is 0 Å². The summed E-state index contributed by atoms with van der Waals surface area (Å²) in [6.07, 6.45) is 0.530. The largest absolute Gasteiger partial charge is 0.294 e. The first-order chi connectivity index (χ1) is 9.15. The molecule has 0 N–H and O–H groups in total. The Morgan fingerprint density at radius 3 is 2.32 bits per heavy atom. The Balaban J connectivity index is 1.84. The van der Waals surface area contributed by atoms with Crippen molar-refractivity contribution < 1.29 is 4.79 Å². The van der Waals surface area contributed by atoms with Gasteiger partial charge >= 0.3 is 0 Å². The summed E-state index contributed by atoms with van der Waals surface area (Å²) in [5.41, 5.74) is 0.723. The molecule has 0 atom stereocenters. The van der Waals surface area contributed by atoms with Crippen LogP contribution in [0.3, 0.4) is 0 Å². The van der Waals surface area contributed by atoms with Crippen LogP contribution in [0.2, 0.25) is 5.02 Å². The van der Waals surface area contributed by atoms with E-state index in [2.05, 4.69) is 15.9 Å². The van der Waals surface area contributed by atoms with Crippen LogP contribution in [0.25, 0.3) is 0 Å². The highest BCUT2D eigenvalue weighted by molar-refractivity contribution is 9.10. The molecule has 19 heavy (non-hydrogen) atoms. The zero-order chi connectivity index (χ0) is 13.7. The van der Waals surface area contributed by atoms with E-state index in [0.717, 1.165) is 15.8 Å². The Labute approximate surface area is 130 Å².